The number of nitrogens with zero attached hydrogens (tertiary/aromatic N) is 1. The SMILES string of the molecule is Cc1cc(C#N)cc(C)c1Oc1ccc(CCl)cc1. The Morgan fingerprint density at radius 3 is 2.16 bits per heavy atom. The van der Waals surface area contributed by atoms with Crippen LogP contribution in [-0.2, 0) is 5.88 Å². The number of ether oxygens (including phenoxy) is 1. The maximum Gasteiger partial charge on any atom is 0.133 e. The van der Waals surface area contributed by atoms with Gasteiger partial charge >= 0.3 is 0 Å². The van der Waals surface area contributed by atoms with Gasteiger partial charge in [0, 0.05) is 5.88 Å². The Hall–Kier alpha value is -1.98. The molecule has 0 atom stereocenters. The third-order valence-corrected chi connectivity index (χ3v) is 3.20. The van der Waals surface area contributed by atoms with Crippen LogP contribution in [0.3, 0.4) is 0 Å². The molecule has 0 heterocycles. The van der Waals surface area contributed by atoms with E-state index in [0.717, 1.165) is 28.2 Å². The molecule has 0 aromatic heterocycles. The predicted octanol–water partition coefficient (Wildman–Crippen LogP) is 4.71. The van der Waals surface area contributed by atoms with Crippen molar-refractivity contribution in [2.24, 2.45) is 0 Å². The maximum absolute atomic E-state index is 8.92. The molecule has 2 aromatic rings. The number of rotatable bonds is 3. The number of alkyl halides is 1. The summed E-state index contributed by atoms with van der Waals surface area (Å²) in [6.07, 6.45) is 0. The van der Waals surface area contributed by atoms with E-state index < -0.39 is 0 Å². The molecule has 0 unspecified atom stereocenters. The summed E-state index contributed by atoms with van der Waals surface area (Å²) in [4.78, 5) is 0. The van der Waals surface area contributed by atoms with E-state index in [1.54, 1.807) is 0 Å². The van der Waals surface area contributed by atoms with Crippen molar-refractivity contribution in [1.29, 1.82) is 5.26 Å². The maximum atomic E-state index is 8.92. The van der Waals surface area contributed by atoms with Crippen molar-refractivity contribution in [3.63, 3.8) is 0 Å². The molecule has 3 heteroatoms. The Balaban J connectivity index is 2.30. The zero-order valence-electron chi connectivity index (χ0n) is 10.9. The van der Waals surface area contributed by atoms with Crippen molar-refractivity contribution in [2.45, 2.75) is 19.7 Å². The number of benzene rings is 2. The van der Waals surface area contributed by atoms with Crippen molar-refractivity contribution >= 4 is 11.6 Å². The molecule has 0 fully saturated rings. The third-order valence-electron chi connectivity index (χ3n) is 2.89. The fourth-order valence-electron chi connectivity index (χ4n) is 1.94. The molecule has 0 aliphatic rings. The second-order valence-corrected chi connectivity index (χ2v) is 4.70. The summed E-state index contributed by atoms with van der Waals surface area (Å²) in [6, 6.07) is 13.5. The molecule has 0 spiro atoms. The third kappa shape index (κ3) is 3.07. The molecule has 0 bridgehead atoms. The average molecular weight is 272 g/mol. The van der Waals surface area contributed by atoms with Gasteiger partial charge in [0.25, 0.3) is 0 Å². The van der Waals surface area contributed by atoms with E-state index in [2.05, 4.69) is 6.07 Å². The number of hydrogen-bond acceptors (Lipinski definition) is 2. The fourth-order valence-corrected chi connectivity index (χ4v) is 2.12. The van der Waals surface area contributed by atoms with Crippen molar-refractivity contribution in [3.8, 4) is 17.6 Å². The number of hydrogen-bond donors (Lipinski definition) is 0. The monoisotopic (exact) mass is 271 g/mol. The summed E-state index contributed by atoms with van der Waals surface area (Å²) in [6.45, 7) is 3.88. The molecule has 0 radical (unpaired) electrons. The molecular formula is C16H14ClNO. The van der Waals surface area contributed by atoms with Crippen molar-refractivity contribution in [1.82, 2.24) is 0 Å². The molecule has 2 rings (SSSR count). The van der Waals surface area contributed by atoms with Gasteiger partial charge in [-0.15, -0.1) is 11.6 Å². The van der Waals surface area contributed by atoms with Crippen LogP contribution in [0.25, 0.3) is 0 Å². The van der Waals surface area contributed by atoms with Gasteiger partial charge in [-0.3, -0.25) is 0 Å². The van der Waals surface area contributed by atoms with Gasteiger partial charge in [0.05, 0.1) is 11.6 Å². The second-order valence-electron chi connectivity index (χ2n) is 4.43. The topological polar surface area (TPSA) is 33.0 Å². The van der Waals surface area contributed by atoms with Gasteiger partial charge in [0.15, 0.2) is 0 Å². The minimum Gasteiger partial charge on any atom is -0.457 e. The van der Waals surface area contributed by atoms with E-state index in [-0.39, 0.29) is 0 Å². The van der Waals surface area contributed by atoms with Crippen LogP contribution in [0.5, 0.6) is 11.5 Å². The zero-order valence-corrected chi connectivity index (χ0v) is 11.7. The first-order valence-electron chi connectivity index (χ1n) is 5.98. The standard InChI is InChI=1S/C16H14ClNO/c1-11-7-14(10-18)8-12(2)16(11)19-15-5-3-13(9-17)4-6-15/h3-8H,9H2,1-2H3. The zero-order chi connectivity index (χ0) is 13.8. The van der Waals surface area contributed by atoms with Gasteiger partial charge in [-0.1, -0.05) is 12.1 Å². The molecule has 19 heavy (non-hydrogen) atoms. The number of aryl methyl sites for hydroxylation is 2. The van der Waals surface area contributed by atoms with Crippen LogP contribution in [0.2, 0.25) is 0 Å². The van der Waals surface area contributed by atoms with Crippen LogP contribution in [0, 0.1) is 25.2 Å². The molecule has 0 aliphatic heterocycles. The first-order chi connectivity index (χ1) is 9.13. The van der Waals surface area contributed by atoms with Crippen LogP contribution in [0.4, 0.5) is 0 Å². The van der Waals surface area contributed by atoms with Gasteiger partial charge < -0.3 is 4.74 Å². The molecule has 0 amide bonds. The summed E-state index contributed by atoms with van der Waals surface area (Å²) in [5.41, 5.74) is 3.62. The van der Waals surface area contributed by atoms with Crippen molar-refractivity contribution in [3.05, 3.63) is 58.7 Å². The van der Waals surface area contributed by atoms with Gasteiger partial charge in [0.2, 0.25) is 0 Å². The Bertz CT molecular complexity index is 603. The largest absolute Gasteiger partial charge is 0.457 e. The van der Waals surface area contributed by atoms with Gasteiger partial charge in [-0.05, 0) is 54.8 Å². The lowest BCUT2D eigenvalue weighted by molar-refractivity contribution is 0.475. The highest BCUT2D eigenvalue weighted by molar-refractivity contribution is 6.17. The first-order valence-corrected chi connectivity index (χ1v) is 6.51. The summed E-state index contributed by atoms with van der Waals surface area (Å²) < 4.78 is 5.89. The van der Waals surface area contributed by atoms with Gasteiger partial charge in [0.1, 0.15) is 11.5 Å². The molecular weight excluding hydrogens is 258 g/mol. The van der Waals surface area contributed by atoms with Crippen LogP contribution in [0.1, 0.15) is 22.3 Å². The minimum absolute atomic E-state index is 0.495. The molecule has 0 aliphatic carbocycles. The van der Waals surface area contributed by atoms with E-state index >= 15 is 0 Å². The quantitative estimate of drug-likeness (QED) is 0.758. The lowest BCUT2D eigenvalue weighted by Crippen LogP contribution is -1.93. The minimum atomic E-state index is 0.495. The highest BCUT2D eigenvalue weighted by Crippen LogP contribution is 2.29. The summed E-state index contributed by atoms with van der Waals surface area (Å²) in [5, 5.41) is 8.92. The predicted molar refractivity (Wildman–Crippen MR) is 76.7 cm³/mol. The Labute approximate surface area is 118 Å². The normalized spacial score (nSPS) is 10.0. The molecule has 96 valence electrons. The Morgan fingerprint density at radius 1 is 1.11 bits per heavy atom. The molecule has 2 aromatic carbocycles. The van der Waals surface area contributed by atoms with E-state index in [0.29, 0.717) is 11.4 Å². The van der Waals surface area contributed by atoms with Crippen LogP contribution >= 0.6 is 11.6 Å². The summed E-state index contributed by atoms with van der Waals surface area (Å²) in [5.74, 6) is 2.07. The van der Waals surface area contributed by atoms with E-state index in [9.17, 15) is 0 Å². The van der Waals surface area contributed by atoms with E-state index in [1.165, 1.54) is 0 Å². The second kappa shape index (κ2) is 5.77. The average Bonchev–Trinajstić information content (AvgIpc) is 2.43. The first kappa shape index (κ1) is 13.5. The Morgan fingerprint density at radius 2 is 1.68 bits per heavy atom. The Kier molecular flexibility index (Phi) is 4.09. The highest BCUT2D eigenvalue weighted by atomic mass is 35.5. The van der Waals surface area contributed by atoms with Gasteiger partial charge in [-0.2, -0.15) is 5.26 Å². The van der Waals surface area contributed by atoms with Crippen molar-refractivity contribution in [2.75, 3.05) is 0 Å². The number of halogens is 1. The fraction of sp³-hybridized carbons (Fsp3) is 0.188. The van der Waals surface area contributed by atoms with Crippen molar-refractivity contribution < 1.29 is 4.74 Å². The van der Waals surface area contributed by atoms with Crippen LogP contribution in [0.15, 0.2) is 36.4 Å². The smallest absolute Gasteiger partial charge is 0.133 e. The van der Waals surface area contributed by atoms with E-state index in [1.807, 2.05) is 50.2 Å². The van der Waals surface area contributed by atoms with E-state index in [4.69, 9.17) is 21.6 Å². The van der Waals surface area contributed by atoms with Gasteiger partial charge in [-0.25, -0.2) is 0 Å². The van der Waals surface area contributed by atoms with Crippen LogP contribution < -0.4 is 4.74 Å². The number of nitriles is 1. The molecule has 2 nitrogen and oxygen atoms in total. The molecule has 0 N–H and O–H groups in total. The summed E-state index contributed by atoms with van der Waals surface area (Å²) >= 11 is 5.75. The molecule has 0 saturated carbocycles. The lowest BCUT2D eigenvalue weighted by atomic mass is 10.1. The van der Waals surface area contributed by atoms with Crippen LogP contribution in [-0.4, -0.2) is 0 Å². The lowest BCUT2D eigenvalue weighted by Gasteiger charge is -2.12. The highest BCUT2D eigenvalue weighted by Gasteiger charge is 2.07. The molecule has 0 saturated heterocycles. The summed E-state index contributed by atoms with van der Waals surface area (Å²) in [7, 11) is 0.